The number of rotatable bonds is 7. The fourth-order valence-corrected chi connectivity index (χ4v) is 1.85. The van der Waals surface area contributed by atoms with Gasteiger partial charge in [-0.25, -0.2) is 4.98 Å². The monoisotopic (exact) mass is 267 g/mol. The molecule has 0 amide bonds. The molecular formula is C14H22ClN3. The molecule has 4 heteroatoms. The molecule has 100 valence electrons. The largest absolute Gasteiger partial charge is 0.356 e. The van der Waals surface area contributed by atoms with Gasteiger partial charge in [0.05, 0.1) is 10.7 Å². The molecule has 0 saturated carbocycles. The molecule has 0 aromatic carbocycles. The zero-order chi connectivity index (χ0) is 13.5. The Hall–Kier alpha value is -1.06. The molecule has 0 spiro atoms. The van der Waals surface area contributed by atoms with Crippen LogP contribution in [-0.4, -0.2) is 25.1 Å². The summed E-state index contributed by atoms with van der Waals surface area (Å²) in [6.45, 7) is 10.5. The molecule has 0 aliphatic rings. The third-order valence-corrected chi connectivity index (χ3v) is 2.87. The quantitative estimate of drug-likeness (QED) is 0.607. The van der Waals surface area contributed by atoms with E-state index in [2.05, 4.69) is 28.7 Å². The molecule has 1 heterocycles. The average Bonchev–Trinajstić information content (AvgIpc) is 2.30. The van der Waals surface area contributed by atoms with E-state index in [-0.39, 0.29) is 0 Å². The van der Waals surface area contributed by atoms with Crippen LogP contribution in [0.15, 0.2) is 24.3 Å². The van der Waals surface area contributed by atoms with Crippen molar-refractivity contribution in [1.82, 2.24) is 10.3 Å². The summed E-state index contributed by atoms with van der Waals surface area (Å²) in [5.74, 6) is 0.927. The summed E-state index contributed by atoms with van der Waals surface area (Å²) in [6, 6.07) is 3.84. The Morgan fingerprint density at radius 2 is 2.22 bits per heavy atom. The van der Waals surface area contributed by atoms with Crippen LogP contribution in [0, 0.1) is 0 Å². The van der Waals surface area contributed by atoms with Crippen molar-refractivity contribution in [2.45, 2.75) is 26.8 Å². The molecule has 0 atom stereocenters. The lowest BCUT2D eigenvalue weighted by molar-refractivity contribution is 0.664. The first-order valence-corrected chi connectivity index (χ1v) is 6.64. The van der Waals surface area contributed by atoms with Crippen molar-refractivity contribution in [3.8, 4) is 0 Å². The van der Waals surface area contributed by atoms with Crippen molar-refractivity contribution in [3.63, 3.8) is 0 Å². The molecule has 0 radical (unpaired) electrons. The van der Waals surface area contributed by atoms with E-state index in [4.69, 9.17) is 11.6 Å². The van der Waals surface area contributed by atoms with Gasteiger partial charge in [0.1, 0.15) is 5.82 Å². The Morgan fingerprint density at radius 1 is 1.50 bits per heavy atom. The van der Waals surface area contributed by atoms with Crippen LogP contribution in [0.25, 0.3) is 0 Å². The summed E-state index contributed by atoms with van der Waals surface area (Å²) in [5.41, 5.74) is 2.01. The summed E-state index contributed by atoms with van der Waals surface area (Å²) in [6.07, 6.45) is 1.10. The normalized spacial score (nSPS) is 10.4. The molecule has 0 aliphatic heterocycles. The van der Waals surface area contributed by atoms with Gasteiger partial charge in [-0.15, -0.1) is 0 Å². The third-order valence-electron chi connectivity index (χ3n) is 2.52. The van der Waals surface area contributed by atoms with E-state index in [1.165, 1.54) is 0 Å². The summed E-state index contributed by atoms with van der Waals surface area (Å²) in [5, 5.41) is 4.03. The third kappa shape index (κ3) is 4.67. The van der Waals surface area contributed by atoms with Gasteiger partial charge in [-0.3, -0.25) is 0 Å². The molecule has 3 nitrogen and oxygen atoms in total. The Kier molecular flexibility index (Phi) is 6.16. The highest BCUT2D eigenvalue weighted by atomic mass is 35.5. The minimum atomic E-state index is 0.710. The second-order valence-corrected chi connectivity index (χ2v) is 5.00. The van der Waals surface area contributed by atoms with Crippen LogP contribution in [-0.2, 0) is 6.54 Å². The predicted molar refractivity (Wildman–Crippen MR) is 79.3 cm³/mol. The summed E-state index contributed by atoms with van der Waals surface area (Å²) in [4.78, 5) is 6.66. The molecule has 1 aromatic heterocycles. The minimum Gasteiger partial charge on any atom is -0.356 e. The molecular weight excluding hydrogens is 246 g/mol. The zero-order valence-corrected chi connectivity index (χ0v) is 12.2. The van der Waals surface area contributed by atoms with Gasteiger partial charge in [0, 0.05) is 20.1 Å². The molecule has 1 aromatic rings. The maximum absolute atomic E-state index is 6.15. The number of hydrogen-bond acceptors (Lipinski definition) is 3. The Bertz CT molecular complexity index is 404. The summed E-state index contributed by atoms with van der Waals surface area (Å²) >= 11 is 6.15. The van der Waals surface area contributed by atoms with Crippen molar-refractivity contribution in [1.29, 1.82) is 0 Å². The molecule has 0 fully saturated rings. The van der Waals surface area contributed by atoms with E-state index in [1.54, 1.807) is 0 Å². The van der Waals surface area contributed by atoms with Gasteiger partial charge in [0.2, 0.25) is 0 Å². The minimum absolute atomic E-state index is 0.710. The first-order chi connectivity index (χ1) is 8.54. The van der Waals surface area contributed by atoms with Crippen LogP contribution in [0.1, 0.15) is 26.0 Å². The van der Waals surface area contributed by atoms with E-state index in [0.29, 0.717) is 11.6 Å². The molecule has 1 rings (SSSR count). The first-order valence-electron chi connectivity index (χ1n) is 6.26. The van der Waals surface area contributed by atoms with Crippen LogP contribution in [0.4, 0.5) is 5.82 Å². The number of likely N-dealkylation sites (N-methyl/N-ethyl adjacent to an activating group) is 1. The van der Waals surface area contributed by atoms with E-state index >= 15 is 0 Å². The molecule has 0 unspecified atom stereocenters. The van der Waals surface area contributed by atoms with Crippen molar-refractivity contribution in [3.05, 3.63) is 35.0 Å². The zero-order valence-electron chi connectivity index (χ0n) is 11.5. The second kappa shape index (κ2) is 7.39. The number of halogens is 1. The topological polar surface area (TPSA) is 28.2 Å². The predicted octanol–water partition coefficient (Wildman–Crippen LogP) is 3.25. The van der Waals surface area contributed by atoms with Gasteiger partial charge in [-0.1, -0.05) is 30.7 Å². The Balaban J connectivity index is 2.76. The van der Waals surface area contributed by atoms with Crippen molar-refractivity contribution >= 4 is 17.4 Å². The fraction of sp³-hybridized carbons (Fsp3) is 0.500. The lowest BCUT2D eigenvalue weighted by Gasteiger charge is -2.19. The number of anilines is 1. The fourth-order valence-electron chi connectivity index (χ4n) is 1.68. The van der Waals surface area contributed by atoms with Gasteiger partial charge in [-0.2, -0.15) is 0 Å². The van der Waals surface area contributed by atoms with Crippen molar-refractivity contribution < 1.29 is 0 Å². The Morgan fingerprint density at radius 3 is 2.83 bits per heavy atom. The van der Waals surface area contributed by atoms with Crippen LogP contribution in [0.3, 0.4) is 0 Å². The molecule has 0 bridgehead atoms. The highest BCUT2D eigenvalue weighted by Gasteiger charge is 2.07. The average molecular weight is 268 g/mol. The molecule has 0 saturated heterocycles. The van der Waals surface area contributed by atoms with Crippen LogP contribution < -0.4 is 10.2 Å². The summed E-state index contributed by atoms with van der Waals surface area (Å²) in [7, 11) is 2.01. The number of pyridine rings is 1. The van der Waals surface area contributed by atoms with Crippen LogP contribution >= 0.6 is 11.6 Å². The van der Waals surface area contributed by atoms with Gasteiger partial charge in [0.25, 0.3) is 0 Å². The number of nitrogens with one attached hydrogen (secondary N) is 1. The SMILES string of the molecule is C=C(C)CN(C)c1ccc(Cl)c(CNCCC)n1. The lowest BCUT2D eigenvalue weighted by atomic mass is 10.3. The van der Waals surface area contributed by atoms with E-state index < -0.39 is 0 Å². The maximum atomic E-state index is 6.15. The molecule has 18 heavy (non-hydrogen) atoms. The van der Waals surface area contributed by atoms with Crippen molar-refractivity contribution in [2.24, 2.45) is 0 Å². The van der Waals surface area contributed by atoms with Gasteiger partial charge < -0.3 is 10.2 Å². The second-order valence-electron chi connectivity index (χ2n) is 4.59. The number of aromatic nitrogens is 1. The van der Waals surface area contributed by atoms with E-state index in [9.17, 15) is 0 Å². The van der Waals surface area contributed by atoms with Gasteiger partial charge in [0.15, 0.2) is 0 Å². The highest BCUT2D eigenvalue weighted by Crippen LogP contribution is 2.19. The Labute approximate surface area is 115 Å². The molecule has 0 aliphatic carbocycles. The lowest BCUT2D eigenvalue weighted by Crippen LogP contribution is -2.22. The standard InChI is InChI=1S/C14H22ClN3/c1-5-8-16-9-13-12(15)6-7-14(17-13)18(4)10-11(2)3/h6-7,16H,2,5,8-10H2,1,3-4H3. The van der Waals surface area contributed by atoms with E-state index in [0.717, 1.165) is 36.6 Å². The van der Waals surface area contributed by atoms with Gasteiger partial charge in [-0.05, 0) is 32.0 Å². The maximum Gasteiger partial charge on any atom is 0.129 e. The number of hydrogen-bond donors (Lipinski definition) is 1. The number of nitrogens with zero attached hydrogens (tertiary/aromatic N) is 2. The molecule has 1 N–H and O–H groups in total. The van der Waals surface area contributed by atoms with Crippen LogP contribution in [0.5, 0.6) is 0 Å². The smallest absolute Gasteiger partial charge is 0.129 e. The van der Waals surface area contributed by atoms with Gasteiger partial charge >= 0.3 is 0 Å². The summed E-state index contributed by atoms with van der Waals surface area (Å²) < 4.78 is 0. The van der Waals surface area contributed by atoms with E-state index in [1.807, 2.05) is 26.1 Å². The highest BCUT2D eigenvalue weighted by molar-refractivity contribution is 6.31. The van der Waals surface area contributed by atoms with Crippen molar-refractivity contribution in [2.75, 3.05) is 25.0 Å². The first kappa shape index (κ1) is 15.0. The van der Waals surface area contributed by atoms with Crippen LogP contribution in [0.2, 0.25) is 5.02 Å².